The minimum atomic E-state index is -0.0828. The largest absolute Gasteiger partial charge is 0.491 e. The third kappa shape index (κ3) is 4.02. The maximum atomic E-state index is 12.4. The Balaban J connectivity index is 1.34. The van der Waals surface area contributed by atoms with Crippen LogP contribution in [0.3, 0.4) is 0 Å². The zero-order chi connectivity index (χ0) is 21.0. The summed E-state index contributed by atoms with van der Waals surface area (Å²) in [6.45, 7) is 1.49. The smallest absolute Gasteiger partial charge is 0.261 e. The summed E-state index contributed by atoms with van der Waals surface area (Å²) >= 11 is 1.43. The number of carbonyl (C=O) groups is 1. The lowest BCUT2D eigenvalue weighted by Crippen LogP contribution is -2.24. The number of nitrogens with one attached hydrogen (secondary N) is 1. The number of rotatable bonds is 7. The van der Waals surface area contributed by atoms with Gasteiger partial charge in [-0.05, 0) is 35.0 Å². The van der Waals surface area contributed by atoms with Crippen LogP contribution >= 0.6 is 11.3 Å². The highest BCUT2D eigenvalue weighted by Crippen LogP contribution is 2.25. The monoisotopic (exact) mass is 427 g/mol. The van der Waals surface area contributed by atoms with E-state index in [1.54, 1.807) is 0 Å². The van der Waals surface area contributed by atoms with Gasteiger partial charge in [0, 0.05) is 5.39 Å². The van der Waals surface area contributed by atoms with Crippen LogP contribution in [0.2, 0.25) is 0 Å². The quantitative estimate of drug-likeness (QED) is 0.385. The van der Waals surface area contributed by atoms with Gasteiger partial charge in [0.25, 0.3) is 5.91 Å². The lowest BCUT2D eigenvalue weighted by atomic mass is 10.1. The summed E-state index contributed by atoms with van der Waals surface area (Å²) in [4.78, 5) is 17.8. The fraction of sp³-hybridized carbons (Fsp3) is 0.120. The molecular formula is C25H21N3O2S. The van der Waals surface area contributed by atoms with Gasteiger partial charge in [-0.1, -0.05) is 54.6 Å². The maximum Gasteiger partial charge on any atom is 0.261 e. The second-order valence-corrected chi connectivity index (χ2v) is 8.10. The highest BCUT2D eigenvalue weighted by molar-refractivity contribution is 7.12. The van der Waals surface area contributed by atoms with Crippen molar-refractivity contribution in [2.45, 2.75) is 13.1 Å². The number of hydrogen-bond donors (Lipinski definition) is 1. The van der Waals surface area contributed by atoms with Crippen LogP contribution in [-0.4, -0.2) is 22.1 Å². The first-order valence-corrected chi connectivity index (χ1v) is 11.0. The standard InChI is InChI=1S/C25H21N3O2S/c29-25(23-13-6-16-31-23)26-17-24-27-20-10-3-4-11-21(20)28(24)14-15-30-22-12-5-8-18-7-1-2-9-19(18)22/h1-13,16H,14-15,17H2,(H,26,29). The van der Waals surface area contributed by atoms with E-state index in [2.05, 4.69) is 28.1 Å². The van der Waals surface area contributed by atoms with Crippen molar-refractivity contribution < 1.29 is 9.53 Å². The Bertz CT molecular complexity index is 1340. The van der Waals surface area contributed by atoms with E-state index in [4.69, 9.17) is 9.72 Å². The van der Waals surface area contributed by atoms with Gasteiger partial charge < -0.3 is 14.6 Å². The molecule has 5 rings (SSSR count). The first kappa shape index (κ1) is 19.3. The van der Waals surface area contributed by atoms with Crippen molar-refractivity contribution in [3.05, 3.63) is 94.9 Å². The molecule has 2 heterocycles. The van der Waals surface area contributed by atoms with Crippen molar-refractivity contribution >= 4 is 39.0 Å². The van der Waals surface area contributed by atoms with Gasteiger partial charge in [-0.2, -0.15) is 0 Å². The van der Waals surface area contributed by atoms with E-state index in [0.717, 1.165) is 33.4 Å². The molecule has 0 atom stereocenters. The molecule has 0 aliphatic heterocycles. The highest BCUT2D eigenvalue weighted by Gasteiger charge is 2.13. The SMILES string of the molecule is O=C(NCc1nc2ccccc2n1CCOc1cccc2ccccc12)c1cccs1. The first-order valence-electron chi connectivity index (χ1n) is 10.2. The Morgan fingerprint density at radius 2 is 1.81 bits per heavy atom. The molecule has 0 radical (unpaired) electrons. The summed E-state index contributed by atoms with van der Waals surface area (Å²) in [7, 11) is 0. The molecule has 0 bridgehead atoms. The third-order valence-corrected chi connectivity index (χ3v) is 6.08. The lowest BCUT2D eigenvalue weighted by molar-refractivity contribution is 0.0953. The van der Waals surface area contributed by atoms with Crippen molar-refractivity contribution in [3.63, 3.8) is 0 Å². The number of para-hydroxylation sites is 2. The molecule has 31 heavy (non-hydrogen) atoms. The van der Waals surface area contributed by atoms with Gasteiger partial charge in [0.05, 0.1) is 29.0 Å². The van der Waals surface area contributed by atoms with Crippen LogP contribution in [0.1, 0.15) is 15.5 Å². The Labute approximate surface area is 183 Å². The molecule has 0 aliphatic rings. The van der Waals surface area contributed by atoms with E-state index in [-0.39, 0.29) is 5.91 Å². The first-order chi connectivity index (χ1) is 15.3. The average Bonchev–Trinajstić information content (AvgIpc) is 3.46. The fourth-order valence-electron chi connectivity index (χ4n) is 3.73. The van der Waals surface area contributed by atoms with Crippen molar-refractivity contribution in [3.8, 4) is 5.75 Å². The second kappa shape index (κ2) is 8.62. The number of imidazole rings is 1. The van der Waals surface area contributed by atoms with Crippen molar-refractivity contribution in [1.82, 2.24) is 14.9 Å². The van der Waals surface area contributed by atoms with E-state index < -0.39 is 0 Å². The second-order valence-electron chi connectivity index (χ2n) is 7.15. The average molecular weight is 428 g/mol. The number of thiophene rings is 1. The summed E-state index contributed by atoms with van der Waals surface area (Å²) in [5.74, 6) is 1.60. The number of ether oxygens (including phenoxy) is 1. The predicted molar refractivity (Wildman–Crippen MR) is 125 cm³/mol. The third-order valence-electron chi connectivity index (χ3n) is 5.21. The Kier molecular flexibility index (Phi) is 5.37. The molecule has 2 aromatic heterocycles. The van der Waals surface area contributed by atoms with Gasteiger partial charge in [-0.3, -0.25) is 4.79 Å². The normalized spacial score (nSPS) is 11.1. The molecule has 1 amide bonds. The Morgan fingerprint density at radius 3 is 2.71 bits per heavy atom. The number of aromatic nitrogens is 2. The van der Waals surface area contributed by atoms with Crippen molar-refractivity contribution in [2.24, 2.45) is 0 Å². The molecule has 1 N–H and O–H groups in total. The van der Waals surface area contributed by atoms with Gasteiger partial charge in [-0.25, -0.2) is 4.98 Å². The summed E-state index contributed by atoms with van der Waals surface area (Å²) in [5, 5.41) is 7.14. The fourth-order valence-corrected chi connectivity index (χ4v) is 4.37. The summed E-state index contributed by atoms with van der Waals surface area (Å²) in [5.41, 5.74) is 1.94. The Hall–Kier alpha value is -3.64. The van der Waals surface area contributed by atoms with Gasteiger partial charge in [0.15, 0.2) is 0 Å². The molecule has 0 unspecified atom stereocenters. The predicted octanol–water partition coefficient (Wildman–Crippen LogP) is 5.26. The maximum absolute atomic E-state index is 12.4. The molecule has 3 aromatic carbocycles. The van der Waals surface area contributed by atoms with Crippen LogP contribution in [0.4, 0.5) is 0 Å². The molecule has 0 saturated carbocycles. The van der Waals surface area contributed by atoms with Crippen LogP contribution in [0.25, 0.3) is 21.8 Å². The van der Waals surface area contributed by atoms with Crippen LogP contribution in [-0.2, 0) is 13.1 Å². The number of benzene rings is 3. The van der Waals surface area contributed by atoms with Crippen LogP contribution < -0.4 is 10.1 Å². The molecule has 5 nitrogen and oxygen atoms in total. The van der Waals surface area contributed by atoms with E-state index >= 15 is 0 Å². The zero-order valence-electron chi connectivity index (χ0n) is 16.8. The molecule has 0 fully saturated rings. The van der Waals surface area contributed by atoms with Crippen molar-refractivity contribution in [2.75, 3.05) is 6.61 Å². The summed E-state index contributed by atoms with van der Waals surface area (Å²) in [6, 6.07) is 26.0. The minimum absolute atomic E-state index is 0.0828. The molecular weight excluding hydrogens is 406 g/mol. The molecule has 0 aliphatic carbocycles. The van der Waals surface area contributed by atoms with Crippen LogP contribution in [0, 0.1) is 0 Å². The molecule has 154 valence electrons. The summed E-state index contributed by atoms with van der Waals surface area (Å²) in [6.07, 6.45) is 0. The van der Waals surface area contributed by atoms with Gasteiger partial charge in [0.1, 0.15) is 18.2 Å². The summed E-state index contributed by atoms with van der Waals surface area (Å²) < 4.78 is 8.27. The topological polar surface area (TPSA) is 56.2 Å². The Morgan fingerprint density at radius 1 is 0.968 bits per heavy atom. The van der Waals surface area contributed by atoms with E-state index in [1.165, 1.54) is 11.3 Å². The molecule has 0 saturated heterocycles. The van der Waals surface area contributed by atoms with E-state index in [9.17, 15) is 4.79 Å². The lowest BCUT2D eigenvalue weighted by Gasteiger charge is -2.13. The minimum Gasteiger partial charge on any atom is -0.491 e. The number of nitrogens with zero attached hydrogens (tertiary/aromatic N) is 2. The van der Waals surface area contributed by atoms with Gasteiger partial charge in [0.2, 0.25) is 0 Å². The van der Waals surface area contributed by atoms with Gasteiger partial charge >= 0.3 is 0 Å². The number of amides is 1. The van der Waals surface area contributed by atoms with Crippen LogP contribution in [0.15, 0.2) is 84.2 Å². The number of carbonyl (C=O) groups excluding carboxylic acids is 1. The van der Waals surface area contributed by atoms with Crippen LogP contribution in [0.5, 0.6) is 5.75 Å². The molecule has 0 spiro atoms. The highest BCUT2D eigenvalue weighted by atomic mass is 32.1. The number of fused-ring (bicyclic) bond motifs is 2. The molecule has 5 aromatic rings. The molecule has 6 heteroatoms. The number of hydrogen-bond acceptors (Lipinski definition) is 4. The van der Waals surface area contributed by atoms with Gasteiger partial charge in [-0.15, -0.1) is 11.3 Å². The zero-order valence-corrected chi connectivity index (χ0v) is 17.6. The van der Waals surface area contributed by atoms with E-state index in [0.29, 0.717) is 24.6 Å². The van der Waals surface area contributed by atoms with Crippen molar-refractivity contribution in [1.29, 1.82) is 0 Å². The van der Waals surface area contributed by atoms with E-state index in [1.807, 2.05) is 66.0 Å².